The zero-order valence-corrected chi connectivity index (χ0v) is 15.8. The van der Waals surface area contributed by atoms with Crippen LogP contribution in [0.2, 0.25) is 0 Å². The van der Waals surface area contributed by atoms with Gasteiger partial charge in [-0.2, -0.15) is 0 Å². The van der Waals surface area contributed by atoms with Crippen molar-refractivity contribution >= 4 is 10.9 Å². The zero-order chi connectivity index (χ0) is 18.1. The van der Waals surface area contributed by atoms with Crippen LogP contribution in [0.1, 0.15) is 36.9 Å². The second-order valence-electron chi connectivity index (χ2n) is 7.80. The monoisotopic (exact) mass is 350 g/mol. The Bertz CT molecular complexity index is 802. The minimum Gasteiger partial charge on any atom is -0.376 e. The number of H-pyrrole nitrogens is 1. The van der Waals surface area contributed by atoms with Gasteiger partial charge < -0.3 is 20.1 Å². The first-order valence-electron chi connectivity index (χ1n) is 9.80. The molecule has 1 saturated carbocycles. The fourth-order valence-electron chi connectivity index (χ4n) is 4.16. The van der Waals surface area contributed by atoms with Crippen LogP contribution >= 0.6 is 0 Å². The molecule has 1 unspecified atom stereocenters. The molecule has 138 valence electrons. The predicted octanol–water partition coefficient (Wildman–Crippen LogP) is 4.11. The third-order valence-electron chi connectivity index (χ3n) is 5.65. The van der Waals surface area contributed by atoms with Crippen molar-refractivity contribution in [2.24, 2.45) is 0 Å². The van der Waals surface area contributed by atoms with Crippen LogP contribution in [0.4, 0.5) is 0 Å². The van der Waals surface area contributed by atoms with Gasteiger partial charge in [0.15, 0.2) is 0 Å². The Hall–Kier alpha value is -2.36. The SMILES string of the molecule is C=CN1CCCC(N(C(=C)NCc2cc3cc(C)ccc3[nH]2)C2CC2)C1. The Morgan fingerprint density at radius 2 is 2.15 bits per heavy atom. The number of nitrogens with zero attached hydrogens (tertiary/aromatic N) is 2. The summed E-state index contributed by atoms with van der Waals surface area (Å²) >= 11 is 0. The van der Waals surface area contributed by atoms with Crippen LogP contribution in [0.25, 0.3) is 10.9 Å². The molecule has 26 heavy (non-hydrogen) atoms. The third kappa shape index (κ3) is 3.59. The van der Waals surface area contributed by atoms with E-state index in [1.54, 1.807) is 0 Å². The van der Waals surface area contributed by atoms with E-state index in [4.69, 9.17) is 0 Å². The second kappa shape index (κ2) is 7.10. The molecule has 4 nitrogen and oxygen atoms in total. The van der Waals surface area contributed by atoms with Crippen molar-refractivity contribution in [2.45, 2.75) is 51.2 Å². The van der Waals surface area contributed by atoms with Crippen molar-refractivity contribution in [1.29, 1.82) is 0 Å². The van der Waals surface area contributed by atoms with Gasteiger partial charge in [0, 0.05) is 36.4 Å². The zero-order valence-electron chi connectivity index (χ0n) is 15.8. The molecule has 2 N–H and O–H groups in total. The first kappa shape index (κ1) is 17.1. The average molecular weight is 351 g/mol. The molecule has 0 spiro atoms. The van der Waals surface area contributed by atoms with Crippen LogP contribution in [-0.2, 0) is 6.54 Å². The Kier molecular flexibility index (Phi) is 4.66. The third-order valence-corrected chi connectivity index (χ3v) is 5.65. The summed E-state index contributed by atoms with van der Waals surface area (Å²) in [6.07, 6.45) is 7.04. The smallest absolute Gasteiger partial charge is 0.0947 e. The molecule has 2 aliphatic rings. The van der Waals surface area contributed by atoms with Crippen LogP contribution in [0.5, 0.6) is 0 Å². The van der Waals surface area contributed by atoms with Gasteiger partial charge in [-0.15, -0.1) is 0 Å². The molecule has 4 heteroatoms. The number of hydrogen-bond acceptors (Lipinski definition) is 3. The van der Waals surface area contributed by atoms with E-state index in [0.29, 0.717) is 12.1 Å². The van der Waals surface area contributed by atoms with Crippen LogP contribution in [-0.4, -0.2) is 40.0 Å². The van der Waals surface area contributed by atoms with Gasteiger partial charge in [-0.1, -0.05) is 24.8 Å². The topological polar surface area (TPSA) is 34.3 Å². The number of aromatic nitrogens is 1. The molecule has 0 amide bonds. The number of rotatable bonds is 7. The predicted molar refractivity (Wildman–Crippen MR) is 109 cm³/mol. The molecule has 2 heterocycles. The first-order chi connectivity index (χ1) is 12.6. The number of aryl methyl sites for hydroxylation is 1. The van der Waals surface area contributed by atoms with E-state index in [9.17, 15) is 0 Å². The minimum absolute atomic E-state index is 0.541. The van der Waals surface area contributed by atoms with Crippen molar-refractivity contribution < 1.29 is 0 Å². The molecule has 0 bridgehead atoms. The summed E-state index contributed by atoms with van der Waals surface area (Å²) in [6.45, 7) is 13.4. The van der Waals surface area contributed by atoms with Crippen molar-refractivity contribution in [1.82, 2.24) is 20.1 Å². The van der Waals surface area contributed by atoms with Gasteiger partial charge in [-0.3, -0.25) is 0 Å². The minimum atomic E-state index is 0.541. The van der Waals surface area contributed by atoms with Gasteiger partial charge >= 0.3 is 0 Å². The maximum Gasteiger partial charge on any atom is 0.0947 e. The number of nitrogens with one attached hydrogen (secondary N) is 2. The molecular formula is C22H30N4. The highest BCUT2D eigenvalue weighted by Crippen LogP contribution is 2.33. The van der Waals surface area contributed by atoms with Crippen LogP contribution in [0, 0.1) is 6.92 Å². The molecule has 0 radical (unpaired) electrons. The summed E-state index contributed by atoms with van der Waals surface area (Å²) in [5, 5.41) is 4.86. The van der Waals surface area contributed by atoms with Gasteiger partial charge in [-0.05, 0) is 62.4 Å². The summed E-state index contributed by atoms with van der Waals surface area (Å²) in [7, 11) is 0. The normalized spacial score (nSPS) is 20.2. The van der Waals surface area contributed by atoms with E-state index < -0.39 is 0 Å². The molecule has 1 aliphatic heterocycles. The molecule has 4 rings (SSSR count). The molecule has 1 aromatic heterocycles. The highest BCUT2D eigenvalue weighted by atomic mass is 15.3. The van der Waals surface area contributed by atoms with Gasteiger partial charge in [-0.25, -0.2) is 0 Å². The summed E-state index contributed by atoms with van der Waals surface area (Å²) < 4.78 is 0. The lowest BCUT2D eigenvalue weighted by Crippen LogP contribution is -2.48. The maximum absolute atomic E-state index is 4.38. The van der Waals surface area contributed by atoms with E-state index >= 15 is 0 Å². The Morgan fingerprint density at radius 3 is 2.92 bits per heavy atom. The first-order valence-corrected chi connectivity index (χ1v) is 9.80. The summed E-state index contributed by atoms with van der Waals surface area (Å²) in [6, 6.07) is 9.98. The maximum atomic E-state index is 4.38. The van der Waals surface area contributed by atoms with E-state index in [0.717, 1.165) is 25.5 Å². The highest BCUT2D eigenvalue weighted by molar-refractivity contribution is 5.81. The number of likely N-dealkylation sites (tertiary alicyclic amines) is 1. The van der Waals surface area contributed by atoms with E-state index in [2.05, 4.69) is 64.4 Å². The van der Waals surface area contributed by atoms with Gasteiger partial charge in [0.1, 0.15) is 0 Å². The lowest BCUT2D eigenvalue weighted by Gasteiger charge is -2.41. The van der Waals surface area contributed by atoms with Crippen LogP contribution < -0.4 is 5.32 Å². The summed E-state index contributed by atoms with van der Waals surface area (Å²) in [5.41, 5.74) is 3.70. The van der Waals surface area contributed by atoms with Crippen LogP contribution in [0.15, 0.2) is 49.4 Å². The summed E-state index contributed by atoms with van der Waals surface area (Å²) in [4.78, 5) is 8.40. The number of aromatic amines is 1. The molecule has 2 fully saturated rings. The quantitative estimate of drug-likeness (QED) is 0.789. The van der Waals surface area contributed by atoms with Crippen molar-refractivity contribution in [3.05, 3.63) is 60.7 Å². The highest BCUT2D eigenvalue weighted by Gasteiger charge is 2.36. The second-order valence-corrected chi connectivity index (χ2v) is 7.80. The number of benzene rings is 1. The van der Waals surface area contributed by atoms with Gasteiger partial charge in [0.05, 0.1) is 12.4 Å². The lowest BCUT2D eigenvalue weighted by atomic mass is 10.0. The van der Waals surface area contributed by atoms with E-state index in [1.165, 1.54) is 47.8 Å². The van der Waals surface area contributed by atoms with E-state index in [-0.39, 0.29) is 0 Å². The molecular weight excluding hydrogens is 320 g/mol. The molecule has 1 aromatic carbocycles. The molecule has 1 atom stereocenters. The van der Waals surface area contributed by atoms with Crippen LogP contribution in [0.3, 0.4) is 0 Å². The van der Waals surface area contributed by atoms with E-state index in [1.807, 2.05) is 6.20 Å². The largest absolute Gasteiger partial charge is 0.376 e. The average Bonchev–Trinajstić information content (AvgIpc) is 3.39. The Morgan fingerprint density at radius 1 is 1.31 bits per heavy atom. The number of hydrogen-bond donors (Lipinski definition) is 2. The van der Waals surface area contributed by atoms with Crippen molar-refractivity contribution in [2.75, 3.05) is 13.1 Å². The van der Waals surface area contributed by atoms with Gasteiger partial charge in [0.25, 0.3) is 0 Å². The molecule has 1 saturated heterocycles. The fourth-order valence-corrected chi connectivity index (χ4v) is 4.16. The van der Waals surface area contributed by atoms with Crippen molar-refractivity contribution in [3.63, 3.8) is 0 Å². The lowest BCUT2D eigenvalue weighted by molar-refractivity contribution is 0.139. The van der Waals surface area contributed by atoms with Crippen molar-refractivity contribution in [3.8, 4) is 0 Å². The molecule has 1 aliphatic carbocycles. The Balaban J connectivity index is 1.42. The summed E-state index contributed by atoms with van der Waals surface area (Å²) in [5.74, 6) is 1.07. The fraction of sp³-hybridized carbons (Fsp3) is 0.455. The van der Waals surface area contributed by atoms with Gasteiger partial charge in [0.2, 0.25) is 0 Å². The number of piperidine rings is 1. The standard InChI is InChI=1S/C22H30N4/c1-4-25-11-5-6-21(15-25)26(20-8-9-20)17(3)23-14-19-13-18-12-16(2)7-10-22(18)24-19/h4,7,10,12-13,20-21,23-24H,1,3,5-6,8-9,11,14-15H2,2H3. The number of fused-ring (bicyclic) bond motifs is 1. The molecule has 2 aromatic rings. The Labute approximate surface area is 156 Å².